The van der Waals surface area contributed by atoms with Crippen LogP contribution in [0.1, 0.15) is 17.3 Å². The molecular formula is C11H14O3S2. The Labute approximate surface area is 102 Å². The molecule has 0 saturated carbocycles. The zero-order chi connectivity index (χ0) is 12.0. The lowest BCUT2D eigenvalue weighted by Crippen LogP contribution is -2.02. The van der Waals surface area contributed by atoms with Crippen molar-refractivity contribution in [1.82, 2.24) is 0 Å². The molecule has 88 valence electrons. The van der Waals surface area contributed by atoms with Crippen molar-refractivity contribution in [3.8, 4) is 0 Å². The van der Waals surface area contributed by atoms with E-state index in [0.717, 1.165) is 11.5 Å². The summed E-state index contributed by atoms with van der Waals surface area (Å²) in [7, 11) is -1.02. The molecule has 0 bridgehead atoms. The van der Waals surface area contributed by atoms with Gasteiger partial charge in [0.05, 0.1) is 16.4 Å². The second-order valence-corrected chi connectivity index (χ2v) is 6.04. The molecule has 1 aromatic carbocycles. The lowest BCUT2D eigenvalue weighted by Gasteiger charge is -2.02. The van der Waals surface area contributed by atoms with Gasteiger partial charge in [-0.2, -0.15) is 11.8 Å². The molecule has 5 heteroatoms. The number of aromatic carboxylic acids is 1. The zero-order valence-corrected chi connectivity index (χ0v) is 10.6. The molecule has 1 atom stereocenters. The van der Waals surface area contributed by atoms with Crippen LogP contribution in [-0.4, -0.2) is 32.5 Å². The van der Waals surface area contributed by atoms with Crippen LogP contribution in [0.2, 0.25) is 0 Å². The molecule has 1 unspecified atom stereocenters. The molecule has 16 heavy (non-hydrogen) atoms. The molecule has 1 aromatic rings. The van der Waals surface area contributed by atoms with Gasteiger partial charge in [0.15, 0.2) is 0 Å². The summed E-state index contributed by atoms with van der Waals surface area (Å²) in [6.45, 7) is 2.06. The highest BCUT2D eigenvalue weighted by Gasteiger charge is 2.06. The van der Waals surface area contributed by atoms with Crippen LogP contribution in [0.3, 0.4) is 0 Å². The maximum absolute atomic E-state index is 11.8. The zero-order valence-electron chi connectivity index (χ0n) is 9.01. The quantitative estimate of drug-likeness (QED) is 0.795. The van der Waals surface area contributed by atoms with Gasteiger partial charge in [0.1, 0.15) is 0 Å². The number of carboxylic acid groups (broad SMARTS) is 1. The van der Waals surface area contributed by atoms with Crippen molar-refractivity contribution < 1.29 is 14.1 Å². The molecule has 0 saturated heterocycles. The van der Waals surface area contributed by atoms with Gasteiger partial charge in [0, 0.05) is 16.4 Å². The molecule has 0 aliphatic carbocycles. The van der Waals surface area contributed by atoms with E-state index in [2.05, 4.69) is 6.92 Å². The van der Waals surface area contributed by atoms with Crippen LogP contribution < -0.4 is 0 Å². The fourth-order valence-corrected chi connectivity index (χ4v) is 3.19. The van der Waals surface area contributed by atoms with Crippen LogP contribution in [0.5, 0.6) is 0 Å². The van der Waals surface area contributed by atoms with Gasteiger partial charge in [-0.25, -0.2) is 4.79 Å². The molecule has 0 radical (unpaired) electrons. The third-order valence-electron chi connectivity index (χ3n) is 1.98. The molecule has 0 amide bonds. The Kier molecular flexibility index (Phi) is 5.55. The van der Waals surface area contributed by atoms with Crippen molar-refractivity contribution in [2.24, 2.45) is 0 Å². The van der Waals surface area contributed by atoms with Gasteiger partial charge in [-0.15, -0.1) is 0 Å². The van der Waals surface area contributed by atoms with E-state index in [1.54, 1.807) is 23.9 Å². The minimum absolute atomic E-state index is 0.226. The minimum Gasteiger partial charge on any atom is -0.478 e. The predicted octanol–water partition coefficient (Wildman–Crippen LogP) is 2.25. The summed E-state index contributed by atoms with van der Waals surface area (Å²) in [5.74, 6) is 1.54. The lowest BCUT2D eigenvalue weighted by molar-refractivity contribution is 0.0697. The van der Waals surface area contributed by atoms with Gasteiger partial charge in [0.25, 0.3) is 0 Å². The fraction of sp³-hybridized carbons (Fsp3) is 0.364. The molecule has 0 aromatic heterocycles. The van der Waals surface area contributed by atoms with Crippen LogP contribution >= 0.6 is 11.8 Å². The van der Waals surface area contributed by atoms with Crippen molar-refractivity contribution in [1.29, 1.82) is 0 Å². The SMILES string of the molecule is CCSCCS(=O)c1ccc(C(=O)O)cc1. The second kappa shape index (κ2) is 6.70. The van der Waals surface area contributed by atoms with E-state index in [-0.39, 0.29) is 5.56 Å². The number of thioether (sulfide) groups is 1. The summed E-state index contributed by atoms with van der Waals surface area (Å²) >= 11 is 1.75. The van der Waals surface area contributed by atoms with Crippen LogP contribution in [0.15, 0.2) is 29.2 Å². The monoisotopic (exact) mass is 258 g/mol. The first-order valence-corrected chi connectivity index (χ1v) is 7.42. The van der Waals surface area contributed by atoms with Gasteiger partial charge in [0.2, 0.25) is 0 Å². The molecule has 0 aliphatic heterocycles. The van der Waals surface area contributed by atoms with Crippen LogP contribution in [0.4, 0.5) is 0 Å². The average Bonchev–Trinajstić information content (AvgIpc) is 2.29. The highest BCUT2D eigenvalue weighted by atomic mass is 32.2. The summed E-state index contributed by atoms with van der Waals surface area (Å²) < 4.78 is 11.8. The van der Waals surface area contributed by atoms with E-state index in [1.165, 1.54) is 12.1 Å². The summed E-state index contributed by atoms with van der Waals surface area (Å²) in [5, 5.41) is 8.71. The molecule has 1 rings (SSSR count). The van der Waals surface area contributed by atoms with Gasteiger partial charge < -0.3 is 5.11 Å². The Hall–Kier alpha value is -0.810. The van der Waals surface area contributed by atoms with Crippen LogP contribution in [0.25, 0.3) is 0 Å². The summed E-state index contributed by atoms with van der Waals surface area (Å²) in [6.07, 6.45) is 0. The van der Waals surface area contributed by atoms with Gasteiger partial charge >= 0.3 is 5.97 Å². The van der Waals surface area contributed by atoms with Crippen molar-refractivity contribution in [3.05, 3.63) is 29.8 Å². The molecule has 0 fully saturated rings. The first-order valence-electron chi connectivity index (χ1n) is 4.94. The lowest BCUT2D eigenvalue weighted by atomic mass is 10.2. The Morgan fingerprint density at radius 3 is 2.50 bits per heavy atom. The number of carboxylic acids is 1. The number of hydrogen-bond donors (Lipinski definition) is 1. The molecule has 0 aliphatic rings. The Bertz CT molecular complexity index is 373. The summed E-state index contributed by atoms with van der Waals surface area (Å²) in [5.41, 5.74) is 0.226. The first-order chi connectivity index (χ1) is 7.65. The highest BCUT2D eigenvalue weighted by molar-refractivity contribution is 8.00. The largest absolute Gasteiger partial charge is 0.478 e. The maximum Gasteiger partial charge on any atom is 0.335 e. The van der Waals surface area contributed by atoms with E-state index in [9.17, 15) is 9.00 Å². The predicted molar refractivity (Wildman–Crippen MR) is 67.7 cm³/mol. The van der Waals surface area contributed by atoms with Crippen molar-refractivity contribution >= 4 is 28.5 Å². The number of carbonyl (C=O) groups is 1. The molecule has 3 nitrogen and oxygen atoms in total. The first kappa shape index (κ1) is 13.3. The van der Waals surface area contributed by atoms with E-state index < -0.39 is 16.8 Å². The third-order valence-corrected chi connectivity index (χ3v) is 4.51. The second-order valence-electron chi connectivity index (χ2n) is 3.08. The van der Waals surface area contributed by atoms with E-state index >= 15 is 0 Å². The standard InChI is InChI=1S/C11H14O3S2/c1-2-15-7-8-16(14)10-5-3-9(4-6-10)11(12)13/h3-6H,2,7-8H2,1H3,(H,12,13). The molecule has 1 N–H and O–H groups in total. The summed E-state index contributed by atoms with van der Waals surface area (Å²) in [4.78, 5) is 11.3. The summed E-state index contributed by atoms with van der Waals surface area (Å²) in [6, 6.07) is 6.22. The number of rotatable bonds is 6. The van der Waals surface area contributed by atoms with Crippen LogP contribution in [0, 0.1) is 0 Å². The fourth-order valence-electron chi connectivity index (χ4n) is 1.15. The minimum atomic E-state index is -1.02. The molecule has 0 heterocycles. The van der Waals surface area contributed by atoms with E-state index in [0.29, 0.717) is 10.6 Å². The molecule has 0 spiro atoms. The third kappa shape index (κ3) is 3.98. The van der Waals surface area contributed by atoms with Crippen LogP contribution in [-0.2, 0) is 10.8 Å². The smallest absolute Gasteiger partial charge is 0.335 e. The van der Waals surface area contributed by atoms with Crippen molar-refractivity contribution in [2.45, 2.75) is 11.8 Å². The normalized spacial score (nSPS) is 12.3. The average molecular weight is 258 g/mol. The van der Waals surface area contributed by atoms with Crippen molar-refractivity contribution in [2.75, 3.05) is 17.3 Å². The molecular weight excluding hydrogens is 244 g/mol. The Morgan fingerprint density at radius 2 is 2.00 bits per heavy atom. The number of hydrogen-bond acceptors (Lipinski definition) is 3. The number of benzene rings is 1. The van der Waals surface area contributed by atoms with Gasteiger partial charge in [-0.1, -0.05) is 6.92 Å². The van der Waals surface area contributed by atoms with Gasteiger partial charge in [-0.3, -0.25) is 4.21 Å². The highest BCUT2D eigenvalue weighted by Crippen LogP contribution is 2.10. The van der Waals surface area contributed by atoms with Crippen molar-refractivity contribution in [3.63, 3.8) is 0 Å². The Morgan fingerprint density at radius 1 is 1.38 bits per heavy atom. The van der Waals surface area contributed by atoms with Gasteiger partial charge in [-0.05, 0) is 30.0 Å². The van der Waals surface area contributed by atoms with E-state index in [1.807, 2.05) is 0 Å². The topological polar surface area (TPSA) is 54.4 Å². The van der Waals surface area contributed by atoms with E-state index in [4.69, 9.17) is 5.11 Å². The maximum atomic E-state index is 11.8. The Balaban J connectivity index is 2.59.